The first-order valence-electron chi connectivity index (χ1n) is 9.31. The third-order valence-corrected chi connectivity index (χ3v) is 5.68. The molecule has 1 rings (SSSR count). The molecule has 1 aliphatic rings. The maximum Gasteiger partial charge on any atom is 0.326 e. The van der Waals surface area contributed by atoms with Crippen LogP contribution in [0.2, 0.25) is 0 Å². The van der Waals surface area contributed by atoms with Crippen LogP contribution >= 0.6 is 24.4 Å². The molecule has 0 aromatic heterocycles. The molecule has 29 heavy (non-hydrogen) atoms. The molecule has 0 aromatic carbocycles. The highest BCUT2D eigenvalue weighted by Gasteiger charge is 2.40. The number of aliphatic carboxylic acids is 1. The van der Waals surface area contributed by atoms with Crippen LogP contribution < -0.4 is 16.4 Å². The molecular weight excluding hydrogens is 420 g/mol. The van der Waals surface area contributed by atoms with Gasteiger partial charge in [-0.3, -0.25) is 14.4 Å². The van der Waals surface area contributed by atoms with Crippen molar-refractivity contribution in [2.75, 3.05) is 24.3 Å². The Morgan fingerprint density at radius 2 is 1.97 bits per heavy atom. The van der Waals surface area contributed by atoms with Crippen molar-refractivity contribution in [3.63, 3.8) is 0 Å². The van der Waals surface area contributed by atoms with Gasteiger partial charge in [-0.1, -0.05) is 0 Å². The summed E-state index contributed by atoms with van der Waals surface area (Å²) >= 11 is 5.40. The van der Waals surface area contributed by atoms with Crippen LogP contribution in [-0.4, -0.2) is 93.4 Å². The normalized spacial score (nSPS) is 20.4. The lowest BCUT2D eigenvalue weighted by Gasteiger charge is -2.31. The van der Waals surface area contributed by atoms with Crippen LogP contribution in [0.4, 0.5) is 0 Å². The number of carbonyl (C=O) groups is 4. The van der Waals surface area contributed by atoms with Gasteiger partial charge in [0.15, 0.2) is 0 Å². The Morgan fingerprint density at radius 1 is 1.31 bits per heavy atom. The standard InChI is InChI=1S/C17H30N4O6S2/c1-9(22)13(20-14(23)10(18)8-28)16(25)21-6-3-4-12(21)15(24)19-11(17(26)27)5-7-29-2/h9-13,22,28H,3-8,18H2,1-2H3,(H,19,24)(H,20,23)(H,26,27). The van der Waals surface area contributed by atoms with Gasteiger partial charge in [-0.05, 0) is 38.2 Å². The van der Waals surface area contributed by atoms with Crippen molar-refractivity contribution in [1.29, 1.82) is 0 Å². The molecule has 0 bridgehead atoms. The molecule has 12 heteroatoms. The summed E-state index contributed by atoms with van der Waals surface area (Å²) in [4.78, 5) is 50.3. The Labute approximate surface area is 179 Å². The van der Waals surface area contributed by atoms with Crippen molar-refractivity contribution in [1.82, 2.24) is 15.5 Å². The molecule has 1 aliphatic heterocycles. The second-order valence-electron chi connectivity index (χ2n) is 6.89. The smallest absolute Gasteiger partial charge is 0.326 e. The molecule has 5 atom stereocenters. The van der Waals surface area contributed by atoms with Crippen LogP contribution in [0, 0.1) is 0 Å². The Kier molecular flexibility index (Phi) is 10.8. The number of aliphatic hydroxyl groups is 1. The van der Waals surface area contributed by atoms with Crippen LogP contribution in [-0.2, 0) is 19.2 Å². The minimum absolute atomic E-state index is 0.0634. The number of rotatable bonds is 11. The average Bonchev–Trinajstić information content (AvgIpc) is 3.17. The molecular formula is C17H30N4O6S2. The summed E-state index contributed by atoms with van der Waals surface area (Å²) in [7, 11) is 0. The quantitative estimate of drug-likeness (QED) is 0.206. The Morgan fingerprint density at radius 3 is 2.48 bits per heavy atom. The van der Waals surface area contributed by atoms with Crippen molar-refractivity contribution in [2.24, 2.45) is 5.73 Å². The van der Waals surface area contributed by atoms with Gasteiger partial charge in [-0.25, -0.2) is 4.79 Å². The fraction of sp³-hybridized carbons (Fsp3) is 0.765. The first-order valence-corrected chi connectivity index (χ1v) is 11.3. The Hall–Kier alpha value is -1.50. The Balaban J connectivity index is 2.88. The summed E-state index contributed by atoms with van der Waals surface area (Å²) < 4.78 is 0. The van der Waals surface area contributed by atoms with Crippen molar-refractivity contribution < 1.29 is 29.4 Å². The van der Waals surface area contributed by atoms with Crippen LogP contribution in [0.3, 0.4) is 0 Å². The first-order chi connectivity index (χ1) is 13.6. The monoisotopic (exact) mass is 450 g/mol. The van der Waals surface area contributed by atoms with Gasteiger partial charge in [0.25, 0.3) is 0 Å². The summed E-state index contributed by atoms with van der Waals surface area (Å²) in [6.07, 6.45) is 1.79. The number of amides is 3. The number of nitrogens with zero attached hydrogens (tertiary/aromatic N) is 1. The van der Waals surface area contributed by atoms with E-state index in [1.54, 1.807) is 0 Å². The number of nitrogens with one attached hydrogen (secondary N) is 2. The SMILES string of the molecule is CSCCC(NC(=O)C1CCCN1C(=O)C(NC(=O)C(N)CS)C(C)O)C(=O)O. The zero-order chi connectivity index (χ0) is 22.1. The minimum Gasteiger partial charge on any atom is -0.480 e. The molecule has 0 radical (unpaired) electrons. The van der Waals surface area contributed by atoms with E-state index in [-0.39, 0.29) is 18.7 Å². The molecule has 1 saturated heterocycles. The molecule has 5 unspecified atom stereocenters. The highest BCUT2D eigenvalue weighted by Crippen LogP contribution is 2.20. The second kappa shape index (κ2) is 12.3. The number of carboxylic acids is 1. The maximum atomic E-state index is 12.9. The van der Waals surface area contributed by atoms with E-state index in [2.05, 4.69) is 23.3 Å². The summed E-state index contributed by atoms with van der Waals surface area (Å²) in [5.74, 6) is -2.33. The lowest BCUT2D eigenvalue weighted by molar-refractivity contribution is -0.146. The molecule has 0 spiro atoms. The van der Waals surface area contributed by atoms with Gasteiger partial charge in [0, 0.05) is 12.3 Å². The van der Waals surface area contributed by atoms with Crippen molar-refractivity contribution >= 4 is 48.1 Å². The topological polar surface area (TPSA) is 162 Å². The van der Waals surface area contributed by atoms with E-state index >= 15 is 0 Å². The number of likely N-dealkylation sites (tertiary alicyclic amines) is 1. The predicted molar refractivity (Wildman–Crippen MR) is 113 cm³/mol. The minimum atomic E-state index is -1.27. The van der Waals surface area contributed by atoms with Gasteiger partial charge in [0.05, 0.1) is 12.1 Å². The van der Waals surface area contributed by atoms with Gasteiger partial charge >= 0.3 is 5.97 Å². The predicted octanol–water partition coefficient (Wildman–Crippen LogP) is -1.58. The third-order valence-electron chi connectivity index (χ3n) is 4.64. The third kappa shape index (κ3) is 7.36. The van der Waals surface area contributed by atoms with Gasteiger partial charge in [-0.15, -0.1) is 0 Å². The summed E-state index contributed by atoms with van der Waals surface area (Å²) in [6, 6.07) is -4.13. The number of aliphatic hydroxyl groups excluding tert-OH is 1. The van der Waals surface area contributed by atoms with E-state index in [0.717, 1.165) is 0 Å². The van der Waals surface area contributed by atoms with Crippen molar-refractivity contribution in [2.45, 2.75) is 56.5 Å². The maximum absolute atomic E-state index is 12.9. The zero-order valence-electron chi connectivity index (χ0n) is 16.5. The van der Waals surface area contributed by atoms with Crippen LogP contribution in [0.1, 0.15) is 26.2 Å². The second-order valence-corrected chi connectivity index (χ2v) is 8.24. The zero-order valence-corrected chi connectivity index (χ0v) is 18.2. The summed E-state index contributed by atoms with van der Waals surface area (Å²) in [5, 5.41) is 24.2. The van der Waals surface area contributed by atoms with Gasteiger partial charge in [0.2, 0.25) is 17.7 Å². The van der Waals surface area contributed by atoms with Crippen LogP contribution in [0.15, 0.2) is 0 Å². The fourth-order valence-corrected chi connectivity index (χ4v) is 3.61. The number of thioether (sulfide) groups is 1. The van der Waals surface area contributed by atoms with Crippen LogP contribution in [0.25, 0.3) is 0 Å². The molecule has 1 fully saturated rings. The number of thiol groups is 1. The molecule has 10 nitrogen and oxygen atoms in total. The van der Waals surface area contributed by atoms with Gasteiger partial charge < -0.3 is 31.5 Å². The number of hydrogen-bond acceptors (Lipinski definition) is 8. The molecule has 6 N–H and O–H groups in total. The number of nitrogens with two attached hydrogens (primary N) is 1. The van der Waals surface area contributed by atoms with E-state index in [1.165, 1.54) is 23.6 Å². The lowest BCUT2D eigenvalue weighted by atomic mass is 10.1. The van der Waals surface area contributed by atoms with Crippen LogP contribution in [0.5, 0.6) is 0 Å². The fourth-order valence-electron chi connectivity index (χ4n) is 2.97. The average molecular weight is 451 g/mol. The van der Waals surface area contributed by atoms with Crippen molar-refractivity contribution in [3.8, 4) is 0 Å². The number of carbonyl (C=O) groups excluding carboxylic acids is 3. The van der Waals surface area contributed by atoms with Crippen molar-refractivity contribution in [3.05, 3.63) is 0 Å². The highest BCUT2D eigenvalue weighted by molar-refractivity contribution is 7.98. The highest BCUT2D eigenvalue weighted by atomic mass is 32.2. The summed E-state index contributed by atoms with van der Waals surface area (Å²) in [5.41, 5.74) is 5.60. The van der Waals surface area contributed by atoms with E-state index in [0.29, 0.717) is 18.6 Å². The first kappa shape index (κ1) is 25.5. The van der Waals surface area contributed by atoms with E-state index in [4.69, 9.17) is 5.73 Å². The molecule has 3 amide bonds. The number of hydrogen-bond donors (Lipinski definition) is 6. The Bertz CT molecular complexity index is 606. The number of carboxylic acid groups (broad SMARTS) is 1. The molecule has 0 aliphatic carbocycles. The largest absolute Gasteiger partial charge is 0.480 e. The van der Waals surface area contributed by atoms with Gasteiger partial charge in [-0.2, -0.15) is 24.4 Å². The van der Waals surface area contributed by atoms with Gasteiger partial charge in [0.1, 0.15) is 18.1 Å². The summed E-state index contributed by atoms with van der Waals surface area (Å²) in [6.45, 7) is 1.61. The molecule has 1 heterocycles. The molecule has 0 aromatic rings. The van der Waals surface area contributed by atoms with E-state index in [1.807, 2.05) is 6.26 Å². The molecule has 0 saturated carbocycles. The van der Waals surface area contributed by atoms with E-state index in [9.17, 15) is 29.4 Å². The lowest BCUT2D eigenvalue weighted by Crippen LogP contribution is -2.59. The van der Waals surface area contributed by atoms with E-state index < -0.39 is 54.0 Å². The molecule has 166 valence electrons.